The highest BCUT2D eigenvalue weighted by Crippen LogP contribution is 2.30. The zero-order valence-corrected chi connectivity index (χ0v) is 12.2. The van der Waals surface area contributed by atoms with Crippen LogP contribution in [0, 0.1) is 12.7 Å². The summed E-state index contributed by atoms with van der Waals surface area (Å²) in [6, 6.07) is 6.17. The van der Waals surface area contributed by atoms with Crippen molar-refractivity contribution in [2.75, 3.05) is 18.9 Å². The number of carbonyl (C=O) groups is 1. The Hall–Kier alpha value is -1.79. The molecule has 4 nitrogen and oxygen atoms in total. The third kappa shape index (κ3) is 3.61. The number of halogens is 1. The fourth-order valence-electron chi connectivity index (χ4n) is 1.75. The molecule has 20 heavy (non-hydrogen) atoms. The lowest BCUT2D eigenvalue weighted by Gasteiger charge is -2.00. The zero-order chi connectivity index (χ0) is 14.5. The first kappa shape index (κ1) is 14.6. The first-order chi connectivity index (χ1) is 9.60. The summed E-state index contributed by atoms with van der Waals surface area (Å²) in [5, 5.41) is 6.26. The molecule has 0 aliphatic carbocycles. The number of anilines is 1. The molecule has 0 saturated carbocycles. The van der Waals surface area contributed by atoms with Crippen LogP contribution in [0.3, 0.4) is 0 Å². The van der Waals surface area contributed by atoms with E-state index in [1.807, 2.05) is 6.92 Å². The van der Waals surface area contributed by atoms with Gasteiger partial charge in [-0.25, -0.2) is 9.37 Å². The monoisotopic (exact) mass is 293 g/mol. The maximum absolute atomic E-state index is 12.9. The van der Waals surface area contributed by atoms with Gasteiger partial charge in [-0.1, -0.05) is 0 Å². The van der Waals surface area contributed by atoms with E-state index in [0.717, 1.165) is 16.1 Å². The average Bonchev–Trinajstić information content (AvgIpc) is 2.78. The lowest BCUT2D eigenvalue weighted by Crippen LogP contribution is -2.18. The molecule has 106 valence electrons. The molecular formula is C14H16FN3OS. The molecule has 0 radical (unpaired) electrons. The Labute approximate surface area is 121 Å². The molecule has 1 amide bonds. The van der Waals surface area contributed by atoms with E-state index in [1.165, 1.54) is 23.5 Å². The lowest BCUT2D eigenvalue weighted by atomic mass is 10.1. The van der Waals surface area contributed by atoms with Crippen molar-refractivity contribution < 1.29 is 9.18 Å². The summed E-state index contributed by atoms with van der Waals surface area (Å²) in [5.74, 6) is -0.346. The Morgan fingerprint density at radius 2 is 2.05 bits per heavy atom. The van der Waals surface area contributed by atoms with Gasteiger partial charge in [0.05, 0.1) is 5.69 Å². The van der Waals surface area contributed by atoms with Crippen molar-refractivity contribution in [2.45, 2.75) is 13.3 Å². The summed E-state index contributed by atoms with van der Waals surface area (Å²) in [6.07, 6.45) is 0.404. The number of aromatic nitrogens is 1. The molecule has 1 heterocycles. The van der Waals surface area contributed by atoms with Crippen LogP contribution in [0.4, 0.5) is 9.52 Å². The van der Waals surface area contributed by atoms with E-state index >= 15 is 0 Å². The van der Waals surface area contributed by atoms with Crippen LogP contribution in [-0.2, 0) is 4.79 Å². The Kier molecular flexibility index (Phi) is 4.81. The predicted molar refractivity (Wildman–Crippen MR) is 79.4 cm³/mol. The van der Waals surface area contributed by atoms with E-state index in [-0.39, 0.29) is 11.7 Å². The molecule has 0 spiro atoms. The van der Waals surface area contributed by atoms with E-state index in [2.05, 4.69) is 15.6 Å². The molecular weight excluding hydrogens is 277 g/mol. The maximum Gasteiger partial charge on any atom is 0.227 e. The lowest BCUT2D eigenvalue weighted by molar-refractivity contribution is -0.116. The van der Waals surface area contributed by atoms with Gasteiger partial charge in [-0.3, -0.25) is 4.79 Å². The molecule has 2 N–H and O–H groups in total. The Balaban J connectivity index is 2.13. The summed E-state index contributed by atoms with van der Waals surface area (Å²) in [5.41, 5.74) is 1.62. The molecule has 2 aromatic rings. The van der Waals surface area contributed by atoms with E-state index in [0.29, 0.717) is 18.1 Å². The van der Waals surface area contributed by atoms with Crippen molar-refractivity contribution in [3.8, 4) is 11.3 Å². The molecule has 0 saturated heterocycles. The van der Waals surface area contributed by atoms with Gasteiger partial charge in [0.1, 0.15) is 5.82 Å². The van der Waals surface area contributed by atoms with Crippen LogP contribution in [0.25, 0.3) is 11.3 Å². The number of nitrogens with one attached hydrogen (secondary N) is 2. The van der Waals surface area contributed by atoms with Crippen molar-refractivity contribution in [3.05, 3.63) is 35.0 Å². The summed E-state index contributed by atoms with van der Waals surface area (Å²) < 4.78 is 12.9. The van der Waals surface area contributed by atoms with Gasteiger partial charge in [-0.15, -0.1) is 11.3 Å². The van der Waals surface area contributed by atoms with E-state index < -0.39 is 0 Å². The van der Waals surface area contributed by atoms with Gasteiger partial charge >= 0.3 is 0 Å². The average molecular weight is 293 g/mol. The van der Waals surface area contributed by atoms with Gasteiger partial charge in [-0.05, 0) is 38.2 Å². The number of nitrogens with zero attached hydrogens (tertiary/aromatic N) is 1. The first-order valence-electron chi connectivity index (χ1n) is 6.28. The second-order valence-electron chi connectivity index (χ2n) is 4.33. The normalized spacial score (nSPS) is 10.6. The van der Waals surface area contributed by atoms with E-state index in [1.54, 1.807) is 19.2 Å². The fourth-order valence-corrected chi connectivity index (χ4v) is 2.60. The molecule has 0 aliphatic heterocycles. The third-order valence-electron chi connectivity index (χ3n) is 2.76. The summed E-state index contributed by atoms with van der Waals surface area (Å²) in [6.45, 7) is 2.56. The minimum atomic E-state index is -0.276. The van der Waals surface area contributed by atoms with Crippen LogP contribution < -0.4 is 10.6 Å². The molecule has 1 aromatic carbocycles. The van der Waals surface area contributed by atoms with Crippen molar-refractivity contribution in [1.82, 2.24) is 10.3 Å². The van der Waals surface area contributed by atoms with Gasteiger partial charge < -0.3 is 10.6 Å². The van der Waals surface area contributed by atoms with Crippen LogP contribution in [0.15, 0.2) is 24.3 Å². The van der Waals surface area contributed by atoms with Gasteiger partial charge in [0, 0.05) is 23.4 Å². The second-order valence-corrected chi connectivity index (χ2v) is 5.54. The minimum Gasteiger partial charge on any atom is -0.319 e. The number of aryl methyl sites for hydroxylation is 1. The number of carbonyl (C=O) groups excluding carboxylic acids is 1. The highest BCUT2D eigenvalue weighted by Gasteiger charge is 2.11. The maximum atomic E-state index is 12.9. The molecule has 0 fully saturated rings. The molecule has 0 bridgehead atoms. The quantitative estimate of drug-likeness (QED) is 0.891. The van der Waals surface area contributed by atoms with Crippen LogP contribution >= 0.6 is 11.3 Å². The van der Waals surface area contributed by atoms with E-state index in [4.69, 9.17) is 0 Å². The molecule has 1 aromatic heterocycles. The van der Waals surface area contributed by atoms with Gasteiger partial charge in [-0.2, -0.15) is 0 Å². The van der Waals surface area contributed by atoms with Crippen LogP contribution in [-0.4, -0.2) is 24.5 Å². The van der Waals surface area contributed by atoms with Crippen molar-refractivity contribution in [2.24, 2.45) is 0 Å². The van der Waals surface area contributed by atoms with Gasteiger partial charge in [0.15, 0.2) is 5.13 Å². The Morgan fingerprint density at radius 1 is 1.35 bits per heavy atom. The fraction of sp³-hybridized carbons (Fsp3) is 0.286. The topological polar surface area (TPSA) is 54.0 Å². The number of hydrogen-bond acceptors (Lipinski definition) is 4. The third-order valence-corrected chi connectivity index (χ3v) is 3.65. The predicted octanol–water partition coefficient (Wildman–Crippen LogP) is 2.81. The van der Waals surface area contributed by atoms with E-state index in [9.17, 15) is 9.18 Å². The Morgan fingerprint density at radius 3 is 2.70 bits per heavy atom. The van der Waals surface area contributed by atoms with Crippen LogP contribution in [0.1, 0.15) is 11.3 Å². The summed E-state index contributed by atoms with van der Waals surface area (Å²) in [4.78, 5) is 17.0. The van der Waals surface area contributed by atoms with Crippen LogP contribution in [0.5, 0.6) is 0 Å². The number of hydrogen-bond donors (Lipinski definition) is 2. The number of benzene rings is 1. The molecule has 0 aliphatic rings. The molecule has 6 heteroatoms. The summed E-state index contributed by atoms with van der Waals surface area (Å²) >= 11 is 1.42. The summed E-state index contributed by atoms with van der Waals surface area (Å²) in [7, 11) is 1.80. The minimum absolute atomic E-state index is 0.0706. The first-order valence-corrected chi connectivity index (χ1v) is 7.09. The van der Waals surface area contributed by atoms with Crippen molar-refractivity contribution >= 4 is 22.4 Å². The van der Waals surface area contributed by atoms with Crippen molar-refractivity contribution in [1.29, 1.82) is 0 Å². The number of thiazole rings is 1. The highest BCUT2D eigenvalue weighted by atomic mass is 32.1. The van der Waals surface area contributed by atoms with Crippen LogP contribution in [0.2, 0.25) is 0 Å². The molecule has 2 rings (SSSR count). The van der Waals surface area contributed by atoms with Gasteiger partial charge in [0.25, 0.3) is 0 Å². The standard InChI is InChI=1S/C14H16FN3OS/c1-9-13(10-3-5-11(15)6-4-10)18-14(20-9)17-12(19)7-8-16-2/h3-6,16H,7-8H2,1-2H3,(H,17,18,19). The Bertz CT molecular complexity index is 595. The van der Waals surface area contributed by atoms with Gasteiger partial charge in [0.2, 0.25) is 5.91 Å². The van der Waals surface area contributed by atoms with Crippen molar-refractivity contribution in [3.63, 3.8) is 0 Å². The number of rotatable bonds is 5. The molecule has 0 unspecified atom stereocenters. The largest absolute Gasteiger partial charge is 0.319 e. The highest BCUT2D eigenvalue weighted by molar-refractivity contribution is 7.16. The SMILES string of the molecule is CNCCC(=O)Nc1nc(-c2ccc(F)cc2)c(C)s1. The smallest absolute Gasteiger partial charge is 0.227 e. The molecule has 0 atom stereocenters. The number of amides is 1. The zero-order valence-electron chi connectivity index (χ0n) is 11.4. The second kappa shape index (κ2) is 6.58.